The van der Waals surface area contributed by atoms with Crippen molar-refractivity contribution in [1.29, 1.82) is 0 Å². The molecule has 0 fully saturated rings. The van der Waals surface area contributed by atoms with E-state index in [1.807, 2.05) is 43.3 Å². The Balaban J connectivity index is 2.22. The Bertz CT molecular complexity index is 486. The highest BCUT2D eigenvalue weighted by molar-refractivity contribution is 6.29. The molecule has 0 unspecified atom stereocenters. The second-order valence-electron chi connectivity index (χ2n) is 3.54. The first kappa shape index (κ1) is 11.0. The van der Waals surface area contributed by atoms with E-state index in [9.17, 15) is 0 Å². The highest BCUT2D eigenvalue weighted by Crippen LogP contribution is 2.14. The molecule has 0 aliphatic rings. The zero-order valence-electron chi connectivity index (χ0n) is 9.10. The topological polar surface area (TPSA) is 17.8 Å². The Hall–Kier alpha value is -1.54. The van der Waals surface area contributed by atoms with Crippen LogP contribution in [-0.2, 0) is 6.54 Å². The van der Waals surface area contributed by atoms with E-state index in [-0.39, 0.29) is 0 Å². The molecule has 0 atom stereocenters. The van der Waals surface area contributed by atoms with Gasteiger partial charge in [-0.1, -0.05) is 48.0 Å². The maximum atomic E-state index is 6.10. The lowest BCUT2D eigenvalue weighted by Crippen LogP contribution is -2.01. The SMILES string of the molecule is CC=Cc1cc(Cl)n(Cc2ccccc2)n1. The molecule has 0 saturated carbocycles. The van der Waals surface area contributed by atoms with Crippen molar-refractivity contribution in [1.82, 2.24) is 9.78 Å². The third kappa shape index (κ3) is 2.52. The van der Waals surface area contributed by atoms with E-state index in [0.29, 0.717) is 11.7 Å². The van der Waals surface area contributed by atoms with Crippen LogP contribution in [0, 0.1) is 0 Å². The van der Waals surface area contributed by atoms with Crippen molar-refractivity contribution >= 4 is 17.7 Å². The number of allylic oxidation sites excluding steroid dienone is 1. The Morgan fingerprint density at radius 3 is 2.75 bits per heavy atom. The summed E-state index contributed by atoms with van der Waals surface area (Å²) in [6, 6.07) is 12.0. The van der Waals surface area contributed by atoms with Crippen LogP contribution in [0.4, 0.5) is 0 Å². The van der Waals surface area contributed by atoms with Gasteiger partial charge in [-0.3, -0.25) is 0 Å². The number of benzene rings is 1. The van der Waals surface area contributed by atoms with Gasteiger partial charge in [-0.15, -0.1) is 0 Å². The summed E-state index contributed by atoms with van der Waals surface area (Å²) in [5.74, 6) is 0. The average molecular weight is 233 g/mol. The van der Waals surface area contributed by atoms with Crippen molar-refractivity contribution in [2.75, 3.05) is 0 Å². The molecule has 0 N–H and O–H groups in total. The molecule has 2 rings (SSSR count). The van der Waals surface area contributed by atoms with Gasteiger partial charge in [-0.05, 0) is 18.6 Å². The van der Waals surface area contributed by atoms with E-state index < -0.39 is 0 Å². The van der Waals surface area contributed by atoms with Crippen LogP contribution in [0.15, 0.2) is 42.5 Å². The van der Waals surface area contributed by atoms with Crippen molar-refractivity contribution in [2.45, 2.75) is 13.5 Å². The van der Waals surface area contributed by atoms with Crippen LogP contribution < -0.4 is 0 Å². The molecule has 0 aliphatic carbocycles. The quantitative estimate of drug-likeness (QED) is 0.791. The van der Waals surface area contributed by atoms with Crippen LogP contribution in [-0.4, -0.2) is 9.78 Å². The first-order valence-electron chi connectivity index (χ1n) is 5.19. The largest absolute Gasteiger partial charge is 0.249 e. The van der Waals surface area contributed by atoms with E-state index >= 15 is 0 Å². The Morgan fingerprint density at radius 1 is 1.31 bits per heavy atom. The molecule has 0 amide bonds. The minimum absolute atomic E-state index is 0.664. The van der Waals surface area contributed by atoms with Crippen LogP contribution in [0.3, 0.4) is 0 Å². The molecule has 1 heterocycles. The van der Waals surface area contributed by atoms with Crippen molar-refractivity contribution in [3.05, 3.63) is 58.9 Å². The number of rotatable bonds is 3. The molecule has 2 aromatic rings. The van der Waals surface area contributed by atoms with Gasteiger partial charge in [0.2, 0.25) is 0 Å². The molecule has 0 bridgehead atoms. The standard InChI is InChI=1S/C13H13ClN2/c1-2-6-12-9-13(14)16(15-12)10-11-7-4-3-5-8-11/h2-9H,10H2,1H3. The van der Waals surface area contributed by atoms with Crippen molar-refractivity contribution in [3.8, 4) is 0 Å². The Kier molecular flexibility index (Phi) is 3.42. The molecule has 0 radical (unpaired) electrons. The van der Waals surface area contributed by atoms with E-state index in [2.05, 4.69) is 17.2 Å². The predicted octanol–water partition coefficient (Wildman–Crippen LogP) is 3.62. The molecule has 0 saturated heterocycles. The van der Waals surface area contributed by atoms with Crippen LogP contribution in [0.5, 0.6) is 0 Å². The second-order valence-corrected chi connectivity index (χ2v) is 3.92. The number of aromatic nitrogens is 2. The molecule has 1 aromatic carbocycles. The van der Waals surface area contributed by atoms with Gasteiger partial charge >= 0.3 is 0 Å². The minimum atomic E-state index is 0.664. The molecule has 2 nitrogen and oxygen atoms in total. The molecular weight excluding hydrogens is 220 g/mol. The minimum Gasteiger partial charge on any atom is -0.249 e. The zero-order valence-corrected chi connectivity index (χ0v) is 9.85. The lowest BCUT2D eigenvalue weighted by molar-refractivity contribution is 0.686. The summed E-state index contributed by atoms with van der Waals surface area (Å²) in [4.78, 5) is 0. The zero-order chi connectivity index (χ0) is 11.4. The summed E-state index contributed by atoms with van der Waals surface area (Å²) >= 11 is 6.10. The lowest BCUT2D eigenvalue weighted by Gasteiger charge is -2.02. The Morgan fingerprint density at radius 2 is 2.06 bits per heavy atom. The van der Waals surface area contributed by atoms with Gasteiger partial charge in [-0.2, -0.15) is 5.10 Å². The summed E-state index contributed by atoms with van der Waals surface area (Å²) < 4.78 is 1.80. The first-order valence-corrected chi connectivity index (χ1v) is 5.57. The molecule has 82 valence electrons. The number of halogens is 1. The van der Waals surface area contributed by atoms with Crippen LogP contribution in [0.1, 0.15) is 18.2 Å². The van der Waals surface area contributed by atoms with E-state index in [4.69, 9.17) is 11.6 Å². The Labute approximate surface area is 100 Å². The fourth-order valence-corrected chi connectivity index (χ4v) is 1.74. The van der Waals surface area contributed by atoms with Gasteiger partial charge in [0.25, 0.3) is 0 Å². The maximum Gasteiger partial charge on any atom is 0.128 e. The van der Waals surface area contributed by atoms with Crippen LogP contribution in [0.2, 0.25) is 5.15 Å². The highest BCUT2D eigenvalue weighted by Gasteiger charge is 2.03. The summed E-state index contributed by atoms with van der Waals surface area (Å²) in [6.45, 7) is 2.67. The highest BCUT2D eigenvalue weighted by atomic mass is 35.5. The number of nitrogens with zero attached hydrogens (tertiary/aromatic N) is 2. The first-order chi connectivity index (χ1) is 7.79. The third-order valence-corrected chi connectivity index (χ3v) is 2.57. The predicted molar refractivity (Wildman–Crippen MR) is 67.5 cm³/mol. The van der Waals surface area contributed by atoms with Crippen LogP contribution in [0.25, 0.3) is 6.08 Å². The fourth-order valence-electron chi connectivity index (χ4n) is 1.53. The van der Waals surface area contributed by atoms with Crippen molar-refractivity contribution in [2.24, 2.45) is 0 Å². The smallest absolute Gasteiger partial charge is 0.128 e. The molecule has 0 spiro atoms. The molecule has 3 heteroatoms. The summed E-state index contributed by atoms with van der Waals surface area (Å²) in [5, 5.41) is 5.06. The third-order valence-electron chi connectivity index (χ3n) is 2.26. The summed E-state index contributed by atoms with van der Waals surface area (Å²) in [5.41, 5.74) is 2.09. The van der Waals surface area contributed by atoms with Crippen molar-refractivity contribution < 1.29 is 0 Å². The van der Waals surface area contributed by atoms with E-state index in [1.54, 1.807) is 4.68 Å². The number of hydrogen-bond donors (Lipinski definition) is 0. The van der Waals surface area contributed by atoms with Gasteiger partial charge < -0.3 is 0 Å². The van der Waals surface area contributed by atoms with Gasteiger partial charge in [0.05, 0.1) is 12.2 Å². The second kappa shape index (κ2) is 4.99. The van der Waals surface area contributed by atoms with Crippen molar-refractivity contribution in [3.63, 3.8) is 0 Å². The summed E-state index contributed by atoms with van der Waals surface area (Å²) in [6.07, 6.45) is 3.89. The number of hydrogen-bond acceptors (Lipinski definition) is 1. The van der Waals surface area contributed by atoms with Gasteiger partial charge in [0.15, 0.2) is 0 Å². The monoisotopic (exact) mass is 232 g/mol. The van der Waals surface area contributed by atoms with Gasteiger partial charge in [-0.25, -0.2) is 4.68 Å². The molecule has 16 heavy (non-hydrogen) atoms. The molecular formula is C13H13ClN2. The molecule has 0 aliphatic heterocycles. The normalized spacial score (nSPS) is 11.1. The maximum absolute atomic E-state index is 6.10. The van der Waals surface area contributed by atoms with Gasteiger partial charge in [0.1, 0.15) is 5.15 Å². The van der Waals surface area contributed by atoms with E-state index in [1.165, 1.54) is 5.56 Å². The van der Waals surface area contributed by atoms with E-state index in [0.717, 1.165) is 5.69 Å². The van der Waals surface area contributed by atoms with Gasteiger partial charge in [0, 0.05) is 6.07 Å². The lowest BCUT2D eigenvalue weighted by atomic mass is 10.2. The molecule has 1 aromatic heterocycles. The summed E-state index contributed by atoms with van der Waals surface area (Å²) in [7, 11) is 0. The van der Waals surface area contributed by atoms with Crippen LogP contribution >= 0.6 is 11.6 Å². The average Bonchev–Trinajstić information content (AvgIpc) is 2.61. The fraction of sp³-hybridized carbons (Fsp3) is 0.154.